The maximum absolute atomic E-state index is 12.3. The van der Waals surface area contributed by atoms with Crippen molar-refractivity contribution in [1.29, 1.82) is 0 Å². The Morgan fingerprint density at radius 2 is 1.93 bits per heavy atom. The van der Waals surface area contributed by atoms with Crippen molar-refractivity contribution in [1.82, 2.24) is 4.98 Å². The molecule has 0 aliphatic rings. The highest BCUT2D eigenvalue weighted by Crippen LogP contribution is 2.29. The van der Waals surface area contributed by atoms with Gasteiger partial charge in [0, 0.05) is 11.5 Å². The number of aromatic amines is 1. The average molecular weight is 404 g/mol. The molecule has 5 nitrogen and oxygen atoms in total. The summed E-state index contributed by atoms with van der Waals surface area (Å²) in [5.74, 6) is 1.73. The summed E-state index contributed by atoms with van der Waals surface area (Å²) in [5, 5.41) is 0. The van der Waals surface area contributed by atoms with Gasteiger partial charge in [0.15, 0.2) is 17.3 Å². The highest BCUT2D eigenvalue weighted by atomic mass is 32.1. The Kier molecular flexibility index (Phi) is 7.24. The van der Waals surface area contributed by atoms with Gasteiger partial charge >= 0.3 is 0 Å². The lowest BCUT2D eigenvalue weighted by Crippen LogP contribution is -2.22. The van der Waals surface area contributed by atoms with Gasteiger partial charge < -0.3 is 14.5 Å². The van der Waals surface area contributed by atoms with E-state index in [1.54, 1.807) is 6.08 Å². The minimum Gasteiger partial charge on any atom is -0.490 e. The molecule has 6 heteroatoms. The zero-order chi connectivity index (χ0) is 20.9. The van der Waals surface area contributed by atoms with Crippen LogP contribution in [0.15, 0.2) is 23.0 Å². The van der Waals surface area contributed by atoms with Crippen molar-refractivity contribution >= 4 is 29.3 Å². The van der Waals surface area contributed by atoms with Crippen LogP contribution in [0.4, 0.5) is 0 Å². The third-order valence-electron chi connectivity index (χ3n) is 3.82. The molecule has 0 radical (unpaired) electrons. The van der Waals surface area contributed by atoms with Crippen molar-refractivity contribution in [2.24, 2.45) is 11.3 Å². The molecule has 0 amide bonds. The number of nitrogens with one attached hydrogen (secondary N) is 1. The predicted molar refractivity (Wildman–Crippen MR) is 115 cm³/mol. The molecule has 0 saturated carbocycles. The summed E-state index contributed by atoms with van der Waals surface area (Å²) in [7, 11) is 0. The molecule has 0 atom stereocenters. The van der Waals surface area contributed by atoms with Crippen molar-refractivity contribution in [2.75, 3.05) is 13.2 Å². The average Bonchev–Trinajstić information content (AvgIpc) is 2.92. The van der Waals surface area contributed by atoms with Gasteiger partial charge in [-0.2, -0.15) is 0 Å². The second-order valence-electron chi connectivity index (χ2n) is 8.03. The Morgan fingerprint density at radius 3 is 2.54 bits per heavy atom. The molecule has 1 heterocycles. The van der Waals surface area contributed by atoms with Crippen molar-refractivity contribution < 1.29 is 14.3 Å². The van der Waals surface area contributed by atoms with Crippen LogP contribution in [-0.4, -0.2) is 24.0 Å². The fraction of sp³-hybridized carbons (Fsp3) is 0.455. The van der Waals surface area contributed by atoms with E-state index in [0.717, 1.165) is 5.56 Å². The summed E-state index contributed by atoms with van der Waals surface area (Å²) >= 11 is 1.26. The number of hydrogen-bond acceptors (Lipinski definition) is 5. The minimum absolute atomic E-state index is 0.0261. The first-order chi connectivity index (χ1) is 13.1. The number of Topliss-reactive ketones (excluding diaryl/α,β-unsaturated/α-hetero) is 1. The van der Waals surface area contributed by atoms with E-state index in [4.69, 9.17) is 9.47 Å². The van der Waals surface area contributed by atoms with Crippen LogP contribution in [0.2, 0.25) is 0 Å². The van der Waals surface area contributed by atoms with Gasteiger partial charge in [-0.25, -0.2) is 0 Å². The number of carbonyl (C=O) groups excluding carboxylic acids is 1. The number of aromatic nitrogens is 1. The van der Waals surface area contributed by atoms with Crippen molar-refractivity contribution in [3.63, 3.8) is 0 Å². The third-order valence-corrected chi connectivity index (χ3v) is 4.78. The van der Waals surface area contributed by atoms with E-state index in [2.05, 4.69) is 18.8 Å². The largest absolute Gasteiger partial charge is 0.490 e. The molecule has 1 aromatic heterocycles. The van der Waals surface area contributed by atoms with Crippen molar-refractivity contribution in [2.45, 2.75) is 41.5 Å². The number of ether oxygens (including phenoxy) is 2. The molecule has 28 heavy (non-hydrogen) atoms. The summed E-state index contributed by atoms with van der Waals surface area (Å²) in [6.07, 6.45) is 3.29. The van der Waals surface area contributed by atoms with E-state index in [-0.39, 0.29) is 11.3 Å². The number of rotatable bonds is 7. The van der Waals surface area contributed by atoms with Crippen molar-refractivity contribution in [3.8, 4) is 11.5 Å². The van der Waals surface area contributed by atoms with Crippen molar-refractivity contribution in [3.05, 3.63) is 43.3 Å². The maximum atomic E-state index is 12.3. The number of benzene rings is 1. The minimum atomic E-state index is -0.483. The van der Waals surface area contributed by atoms with Crippen LogP contribution in [0.1, 0.15) is 47.1 Å². The zero-order valence-corrected chi connectivity index (χ0v) is 18.2. The fourth-order valence-corrected chi connectivity index (χ4v) is 3.16. The van der Waals surface area contributed by atoms with E-state index in [1.165, 1.54) is 17.4 Å². The molecule has 2 rings (SSSR count). The Hall–Kier alpha value is -2.34. The van der Waals surface area contributed by atoms with Gasteiger partial charge in [0.05, 0.1) is 22.4 Å². The number of H-pyrrole nitrogens is 1. The Bertz CT molecular complexity index is 993. The predicted octanol–water partition coefficient (Wildman–Crippen LogP) is 3.09. The summed E-state index contributed by atoms with van der Waals surface area (Å²) in [6.45, 7) is 12.8. The second kappa shape index (κ2) is 9.24. The molecule has 0 unspecified atom stereocenters. The van der Waals surface area contributed by atoms with Crippen LogP contribution >= 0.6 is 11.3 Å². The second-order valence-corrected chi connectivity index (χ2v) is 9.12. The van der Waals surface area contributed by atoms with Crippen LogP contribution in [-0.2, 0) is 4.79 Å². The lowest BCUT2D eigenvalue weighted by molar-refractivity contribution is -0.119. The summed E-state index contributed by atoms with van der Waals surface area (Å²) in [4.78, 5) is 27.2. The highest BCUT2D eigenvalue weighted by molar-refractivity contribution is 7.07. The van der Waals surface area contributed by atoms with E-state index in [0.29, 0.717) is 39.8 Å². The number of hydrogen-bond donors (Lipinski definition) is 1. The molecule has 2 aromatic rings. The number of thiazole rings is 1. The van der Waals surface area contributed by atoms with E-state index in [9.17, 15) is 9.59 Å². The molecule has 0 fully saturated rings. The summed E-state index contributed by atoms with van der Waals surface area (Å²) in [6, 6.07) is 5.61. The van der Waals surface area contributed by atoms with Crippen LogP contribution < -0.4 is 24.2 Å². The monoisotopic (exact) mass is 403 g/mol. The standard InChI is InChI=1S/C22H29NO4S/c1-7-26-17-10-15(8-9-16(17)27-13-14(2)3)11-18-21(25)23-20(28-18)12-19(24)22(4,5)6/h8-12,14H,7,13H2,1-6H3,(H,23,25)/b18-11-,20-12-. The molecule has 152 valence electrons. The first-order valence-electron chi connectivity index (χ1n) is 9.46. The highest BCUT2D eigenvalue weighted by Gasteiger charge is 2.18. The van der Waals surface area contributed by atoms with E-state index >= 15 is 0 Å². The molecule has 0 aliphatic heterocycles. The SMILES string of the molecule is CCOc1cc(/C=c2\s/c(=C\C(=O)C(C)(C)C)[nH]c2=O)ccc1OCC(C)C. The number of ketones is 1. The Morgan fingerprint density at radius 1 is 1.21 bits per heavy atom. The van der Waals surface area contributed by atoms with E-state index < -0.39 is 5.41 Å². The maximum Gasteiger partial charge on any atom is 0.266 e. The molecular weight excluding hydrogens is 374 g/mol. The molecule has 0 spiro atoms. The summed E-state index contributed by atoms with van der Waals surface area (Å²) in [5.41, 5.74) is 0.139. The van der Waals surface area contributed by atoms with Gasteiger partial charge in [0.2, 0.25) is 0 Å². The molecule has 0 saturated heterocycles. The third kappa shape index (κ3) is 6.09. The van der Waals surface area contributed by atoms with Crippen LogP contribution in [0, 0.1) is 11.3 Å². The zero-order valence-electron chi connectivity index (χ0n) is 17.4. The molecule has 1 aromatic carbocycles. The topological polar surface area (TPSA) is 68.4 Å². The van der Waals surface area contributed by atoms with Gasteiger partial charge in [0.1, 0.15) is 0 Å². The Labute approximate surface area is 169 Å². The fourth-order valence-electron chi connectivity index (χ4n) is 2.27. The van der Waals surface area contributed by atoms with Gasteiger partial charge in [-0.3, -0.25) is 9.59 Å². The normalized spacial score (nSPS) is 13.2. The quantitative estimate of drug-likeness (QED) is 0.771. The van der Waals surface area contributed by atoms with Gasteiger partial charge in [-0.05, 0) is 36.6 Å². The summed E-state index contributed by atoms with van der Waals surface area (Å²) < 4.78 is 12.6. The van der Waals surface area contributed by atoms with Gasteiger partial charge in [-0.1, -0.05) is 40.7 Å². The molecule has 0 bridgehead atoms. The van der Waals surface area contributed by atoms with Gasteiger partial charge in [-0.15, -0.1) is 11.3 Å². The Balaban J connectivity index is 2.40. The smallest absolute Gasteiger partial charge is 0.266 e. The van der Waals surface area contributed by atoms with Crippen LogP contribution in [0.5, 0.6) is 11.5 Å². The first-order valence-corrected chi connectivity index (χ1v) is 10.3. The lowest BCUT2D eigenvalue weighted by Gasteiger charge is -2.13. The first kappa shape index (κ1) is 22.0. The molecular formula is C22H29NO4S. The molecule has 0 aliphatic carbocycles. The van der Waals surface area contributed by atoms with Crippen LogP contribution in [0.25, 0.3) is 12.2 Å². The van der Waals surface area contributed by atoms with E-state index in [1.807, 2.05) is 45.9 Å². The lowest BCUT2D eigenvalue weighted by atomic mass is 9.91. The molecule has 1 N–H and O–H groups in total. The number of carbonyl (C=O) groups is 1. The van der Waals surface area contributed by atoms with Gasteiger partial charge in [0.25, 0.3) is 5.56 Å². The van der Waals surface area contributed by atoms with Crippen LogP contribution in [0.3, 0.4) is 0 Å².